The number of rotatable bonds is 7. The van der Waals surface area contributed by atoms with Gasteiger partial charge in [0.05, 0.1) is 12.3 Å². The van der Waals surface area contributed by atoms with Gasteiger partial charge in [-0.05, 0) is 85.8 Å². The van der Waals surface area contributed by atoms with Gasteiger partial charge in [0.15, 0.2) is 0 Å². The van der Waals surface area contributed by atoms with E-state index in [1.165, 1.54) is 38.4 Å². The Hall–Kier alpha value is -3.18. The molecule has 0 aromatic heterocycles. The van der Waals surface area contributed by atoms with Crippen molar-refractivity contribution in [3.63, 3.8) is 0 Å². The zero-order chi connectivity index (χ0) is 25.6. The Morgan fingerprint density at radius 2 is 1.89 bits per heavy atom. The van der Waals surface area contributed by atoms with Crippen LogP contribution in [0.25, 0.3) is 11.1 Å². The number of allylic oxidation sites excluding steroid dienone is 3. The summed E-state index contributed by atoms with van der Waals surface area (Å²) in [7, 11) is 0. The first kappa shape index (κ1) is 28.1. The summed E-state index contributed by atoms with van der Waals surface area (Å²) in [5.41, 5.74) is 9.90. The molecule has 35 heavy (non-hydrogen) atoms. The van der Waals surface area contributed by atoms with Crippen LogP contribution < -0.4 is 4.72 Å². The molecule has 4 nitrogen and oxygen atoms in total. The van der Waals surface area contributed by atoms with Crippen LogP contribution >= 0.6 is 11.9 Å². The van der Waals surface area contributed by atoms with Crippen molar-refractivity contribution in [3.8, 4) is 11.1 Å². The Bertz CT molecular complexity index is 1150. The summed E-state index contributed by atoms with van der Waals surface area (Å²) in [6.07, 6.45) is 9.39. The molecule has 2 aromatic carbocycles. The van der Waals surface area contributed by atoms with Gasteiger partial charge in [0.25, 0.3) is 0 Å². The van der Waals surface area contributed by atoms with E-state index in [9.17, 15) is 0 Å². The summed E-state index contributed by atoms with van der Waals surface area (Å²) in [5, 5.41) is 0. The Morgan fingerprint density at radius 3 is 2.46 bits per heavy atom. The molecule has 1 N–H and O–H groups in total. The standard InChI is InChI=1S/C24H25N3S.C4H7N.C2H6/c1-4-18-14-19(22-9-7-13-25-22)11-12-20(18)21-8-5-6-10-24(21)28-27-23-15-26-17(3)16(23)2;1-3-4-5-2;1-2/h5-8,10-14,27H,4,9,15H2,1-3H3;3-4H,2H2,1H3;1-2H3/b;4-3-;. The fourth-order valence-corrected chi connectivity index (χ4v) is 4.53. The minimum atomic E-state index is 0.748. The van der Waals surface area contributed by atoms with Crippen molar-refractivity contribution < 1.29 is 0 Å². The van der Waals surface area contributed by atoms with Gasteiger partial charge in [0, 0.05) is 35.1 Å². The first-order chi connectivity index (χ1) is 17.1. The second-order valence-corrected chi connectivity index (χ2v) is 8.61. The summed E-state index contributed by atoms with van der Waals surface area (Å²) in [6.45, 7) is 16.3. The molecule has 0 unspecified atom stereocenters. The zero-order valence-corrected chi connectivity index (χ0v) is 22.7. The first-order valence-electron chi connectivity index (χ1n) is 12.2. The number of hydrogen-bond acceptors (Lipinski definition) is 5. The number of nitrogens with one attached hydrogen (secondary N) is 1. The van der Waals surface area contributed by atoms with E-state index in [2.05, 4.69) is 95.7 Å². The molecule has 0 spiro atoms. The fraction of sp³-hybridized carbons (Fsp3) is 0.300. The highest BCUT2D eigenvalue weighted by molar-refractivity contribution is 7.97. The highest BCUT2D eigenvalue weighted by Gasteiger charge is 2.15. The van der Waals surface area contributed by atoms with Crippen LogP contribution in [0, 0.1) is 0 Å². The maximum Gasteiger partial charge on any atom is 0.0801 e. The van der Waals surface area contributed by atoms with E-state index in [1.807, 2.05) is 33.0 Å². The molecular weight excluding hydrogens is 448 g/mol. The smallest absolute Gasteiger partial charge is 0.0801 e. The summed E-state index contributed by atoms with van der Waals surface area (Å²) >= 11 is 1.68. The Balaban J connectivity index is 0.000000551. The van der Waals surface area contributed by atoms with E-state index in [4.69, 9.17) is 0 Å². The summed E-state index contributed by atoms with van der Waals surface area (Å²) in [4.78, 5) is 13.7. The minimum Gasteiger partial charge on any atom is -0.327 e. The van der Waals surface area contributed by atoms with Crippen LogP contribution in [0.3, 0.4) is 0 Å². The predicted octanol–water partition coefficient (Wildman–Crippen LogP) is 8.21. The molecule has 0 saturated heterocycles. The van der Waals surface area contributed by atoms with E-state index in [1.54, 1.807) is 18.1 Å². The molecule has 0 atom stereocenters. The first-order valence-corrected chi connectivity index (χ1v) is 13.1. The Kier molecular flexibility index (Phi) is 12.0. The van der Waals surface area contributed by atoms with Crippen molar-refractivity contribution in [1.29, 1.82) is 0 Å². The van der Waals surface area contributed by atoms with Gasteiger partial charge in [0.1, 0.15) is 0 Å². The van der Waals surface area contributed by atoms with E-state index < -0.39 is 0 Å². The van der Waals surface area contributed by atoms with E-state index >= 15 is 0 Å². The van der Waals surface area contributed by atoms with Gasteiger partial charge in [-0.25, -0.2) is 0 Å². The lowest BCUT2D eigenvalue weighted by atomic mass is 9.94. The van der Waals surface area contributed by atoms with Gasteiger partial charge in [-0.3, -0.25) is 15.0 Å². The maximum absolute atomic E-state index is 4.52. The van der Waals surface area contributed by atoms with Crippen molar-refractivity contribution in [2.24, 2.45) is 15.0 Å². The summed E-state index contributed by atoms with van der Waals surface area (Å²) in [6, 6.07) is 15.4. The lowest BCUT2D eigenvalue weighted by Gasteiger charge is -2.15. The molecule has 0 saturated carbocycles. The van der Waals surface area contributed by atoms with Crippen LogP contribution in [-0.4, -0.2) is 24.7 Å². The van der Waals surface area contributed by atoms with Crippen LogP contribution in [0.2, 0.25) is 0 Å². The number of nitrogens with zero attached hydrogens (tertiary/aromatic N) is 3. The number of hydrogen-bond donors (Lipinski definition) is 1. The molecule has 0 fully saturated rings. The van der Waals surface area contributed by atoms with Gasteiger partial charge in [-0.1, -0.05) is 63.3 Å². The third-order valence-electron chi connectivity index (χ3n) is 5.65. The van der Waals surface area contributed by atoms with Gasteiger partial charge in [-0.15, -0.1) is 0 Å². The third kappa shape index (κ3) is 7.66. The molecule has 0 aliphatic carbocycles. The minimum absolute atomic E-state index is 0.748. The average Bonchev–Trinajstić information content (AvgIpc) is 3.55. The van der Waals surface area contributed by atoms with Gasteiger partial charge in [-0.2, -0.15) is 0 Å². The second kappa shape index (κ2) is 14.9. The molecular formula is C30H38N4S. The van der Waals surface area contributed by atoms with Crippen LogP contribution in [0.15, 0.2) is 98.2 Å². The molecule has 2 aliphatic rings. The van der Waals surface area contributed by atoms with Gasteiger partial charge in [0.2, 0.25) is 0 Å². The Labute approximate surface area is 215 Å². The van der Waals surface area contributed by atoms with Crippen molar-refractivity contribution in [2.75, 3.05) is 6.54 Å². The molecule has 5 heteroatoms. The molecule has 2 aliphatic heterocycles. The monoisotopic (exact) mass is 486 g/mol. The number of aliphatic imine (C=N–C) groups is 3. The lowest BCUT2D eigenvalue weighted by Crippen LogP contribution is -2.07. The van der Waals surface area contributed by atoms with Crippen LogP contribution in [0.1, 0.15) is 59.1 Å². The van der Waals surface area contributed by atoms with Crippen molar-refractivity contribution in [3.05, 3.63) is 89.4 Å². The average molecular weight is 487 g/mol. The normalized spacial score (nSPS) is 14.1. The third-order valence-corrected chi connectivity index (χ3v) is 6.58. The molecule has 2 heterocycles. The highest BCUT2D eigenvalue weighted by atomic mass is 32.2. The molecule has 0 radical (unpaired) electrons. The Morgan fingerprint density at radius 1 is 1.11 bits per heavy atom. The lowest BCUT2D eigenvalue weighted by molar-refractivity contribution is 1.07. The molecule has 184 valence electrons. The maximum atomic E-state index is 4.52. The number of benzene rings is 2. The predicted molar refractivity (Wildman–Crippen MR) is 157 cm³/mol. The van der Waals surface area contributed by atoms with E-state index in [0.29, 0.717) is 0 Å². The number of aryl methyl sites for hydroxylation is 1. The van der Waals surface area contributed by atoms with Crippen LogP contribution in [0.4, 0.5) is 0 Å². The van der Waals surface area contributed by atoms with Gasteiger partial charge >= 0.3 is 0 Å². The fourth-order valence-electron chi connectivity index (χ4n) is 3.64. The summed E-state index contributed by atoms with van der Waals surface area (Å²) in [5.74, 6) is 0. The van der Waals surface area contributed by atoms with Crippen LogP contribution in [-0.2, 0) is 6.42 Å². The topological polar surface area (TPSA) is 49.1 Å². The zero-order valence-electron chi connectivity index (χ0n) is 21.9. The van der Waals surface area contributed by atoms with Crippen molar-refractivity contribution >= 4 is 30.1 Å². The molecule has 2 aromatic rings. The van der Waals surface area contributed by atoms with Gasteiger partial charge < -0.3 is 4.72 Å². The largest absolute Gasteiger partial charge is 0.327 e. The van der Waals surface area contributed by atoms with Crippen molar-refractivity contribution in [2.45, 2.75) is 59.3 Å². The summed E-state index contributed by atoms with van der Waals surface area (Å²) < 4.78 is 3.54. The van der Waals surface area contributed by atoms with Crippen molar-refractivity contribution in [1.82, 2.24) is 4.72 Å². The highest BCUT2D eigenvalue weighted by Crippen LogP contribution is 2.34. The molecule has 0 bridgehead atoms. The molecule has 4 rings (SSSR count). The molecule has 0 amide bonds. The van der Waals surface area contributed by atoms with E-state index in [-0.39, 0.29) is 0 Å². The van der Waals surface area contributed by atoms with Crippen LogP contribution in [0.5, 0.6) is 0 Å². The quantitative estimate of drug-likeness (QED) is 0.316. The van der Waals surface area contributed by atoms with E-state index in [0.717, 1.165) is 30.8 Å². The second-order valence-electron chi connectivity index (χ2n) is 7.76. The SMILES string of the molecule is C=N/C=C\C.CC.CCc1cc(C2=NC=CC2)ccc1-c1ccccc1SNC1=C(C)C(C)=NC1.